The lowest BCUT2D eigenvalue weighted by Gasteiger charge is -2.26. The second-order valence-corrected chi connectivity index (χ2v) is 4.45. The molecule has 0 spiro atoms. The lowest BCUT2D eigenvalue weighted by atomic mass is 10.0. The first-order valence-corrected chi connectivity index (χ1v) is 6.02. The summed E-state index contributed by atoms with van der Waals surface area (Å²) < 4.78 is 0. The second-order valence-electron chi connectivity index (χ2n) is 4.45. The number of nitrogens with one attached hydrogen (secondary N) is 1. The first-order chi connectivity index (χ1) is 6.65. The molecule has 14 heavy (non-hydrogen) atoms. The molecule has 0 rings (SSSR count). The van der Waals surface area contributed by atoms with Crippen molar-refractivity contribution in [1.82, 2.24) is 5.32 Å². The van der Waals surface area contributed by atoms with Crippen molar-refractivity contribution in [3.8, 4) is 0 Å². The maximum Gasteiger partial charge on any atom is 0.0587 e. The first kappa shape index (κ1) is 13.9. The highest BCUT2D eigenvalue weighted by Crippen LogP contribution is 2.08. The van der Waals surface area contributed by atoms with Gasteiger partial charge in [0, 0.05) is 12.1 Å². The Morgan fingerprint density at radius 1 is 1.21 bits per heavy atom. The topological polar surface area (TPSA) is 32.3 Å². The number of rotatable bonds is 8. The Morgan fingerprint density at radius 3 is 2.21 bits per heavy atom. The summed E-state index contributed by atoms with van der Waals surface area (Å²) in [5.74, 6) is 0.510. The summed E-state index contributed by atoms with van der Waals surface area (Å²) in [6, 6.07) is 0.839. The number of aliphatic hydroxyl groups is 1. The van der Waals surface area contributed by atoms with Gasteiger partial charge >= 0.3 is 0 Å². The lowest BCUT2D eigenvalue weighted by molar-refractivity contribution is 0.194. The minimum atomic E-state index is 0.250. The Hall–Kier alpha value is -0.0800. The highest BCUT2D eigenvalue weighted by Gasteiger charge is 2.15. The molecule has 0 saturated heterocycles. The van der Waals surface area contributed by atoms with E-state index in [-0.39, 0.29) is 12.6 Å². The van der Waals surface area contributed by atoms with Gasteiger partial charge in [-0.05, 0) is 18.8 Å². The SMILES string of the molecule is CCCCC(CC)N[C@H](CO)C(C)C. The van der Waals surface area contributed by atoms with Crippen molar-refractivity contribution in [1.29, 1.82) is 0 Å². The molecule has 0 radical (unpaired) electrons. The van der Waals surface area contributed by atoms with Gasteiger partial charge in [-0.25, -0.2) is 0 Å². The van der Waals surface area contributed by atoms with Crippen LogP contribution in [-0.2, 0) is 0 Å². The van der Waals surface area contributed by atoms with Crippen LogP contribution in [-0.4, -0.2) is 23.8 Å². The lowest BCUT2D eigenvalue weighted by Crippen LogP contribution is -2.43. The maximum atomic E-state index is 9.20. The fraction of sp³-hybridized carbons (Fsp3) is 1.00. The van der Waals surface area contributed by atoms with E-state index in [9.17, 15) is 5.11 Å². The molecule has 0 aromatic carbocycles. The van der Waals surface area contributed by atoms with Crippen molar-refractivity contribution in [3.05, 3.63) is 0 Å². The highest BCUT2D eigenvalue weighted by molar-refractivity contribution is 4.75. The van der Waals surface area contributed by atoms with Gasteiger partial charge in [-0.3, -0.25) is 0 Å². The predicted octanol–water partition coefficient (Wildman–Crippen LogP) is 2.56. The Kier molecular flexibility index (Phi) is 8.20. The second kappa shape index (κ2) is 8.25. The summed E-state index contributed by atoms with van der Waals surface area (Å²) in [7, 11) is 0. The molecule has 0 aliphatic heterocycles. The van der Waals surface area contributed by atoms with Crippen LogP contribution in [0.1, 0.15) is 53.4 Å². The monoisotopic (exact) mass is 201 g/mol. The summed E-state index contributed by atoms with van der Waals surface area (Å²) in [5, 5.41) is 12.7. The van der Waals surface area contributed by atoms with Crippen molar-refractivity contribution in [2.75, 3.05) is 6.61 Å². The van der Waals surface area contributed by atoms with E-state index in [0.29, 0.717) is 12.0 Å². The van der Waals surface area contributed by atoms with E-state index in [1.807, 2.05) is 0 Å². The van der Waals surface area contributed by atoms with E-state index in [0.717, 1.165) is 6.42 Å². The summed E-state index contributed by atoms with van der Waals surface area (Å²) >= 11 is 0. The smallest absolute Gasteiger partial charge is 0.0587 e. The normalized spacial score (nSPS) is 15.9. The van der Waals surface area contributed by atoms with Gasteiger partial charge in [0.1, 0.15) is 0 Å². The molecule has 2 atom stereocenters. The highest BCUT2D eigenvalue weighted by atomic mass is 16.3. The predicted molar refractivity (Wildman–Crippen MR) is 62.5 cm³/mol. The largest absolute Gasteiger partial charge is 0.395 e. The zero-order valence-corrected chi connectivity index (χ0v) is 10.2. The first-order valence-electron chi connectivity index (χ1n) is 6.02. The minimum absolute atomic E-state index is 0.250. The molecule has 2 nitrogen and oxygen atoms in total. The van der Waals surface area contributed by atoms with Crippen LogP contribution in [0.3, 0.4) is 0 Å². The molecule has 0 heterocycles. The maximum absolute atomic E-state index is 9.20. The molecule has 0 bridgehead atoms. The summed E-state index contributed by atoms with van der Waals surface area (Å²) in [5.41, 5.74) is 0. The number of hydrogen-bond donors (Lipinski definition) is 2. The van der Waals surface area contributed by atoms with E-state index in [2.05, 4.69) is 33.0 Å². The van der Waals surface area contributed by atoms with Gasteiger partial charge in [0.15, 0.2) is 0 Å². The van der Waals surface area contributed by atoms with E-state index in [1.165, 1.54) is 19.3 Å². The number of hydrogen-bond acceptors (Lipinski definition) is 2. The zero-order valence-electron chi connectivity index (χ0n) is 10.2. The molecule has 2 heteroatoms. The Bertz CT molecular complexity index is 125. The van der Waals surface area contributed by atoms with Crippen LogP contribution in [0, 0.1) is 5.92 Å². The van der Waals surface area contributed by atoms with Crippen LogP contribution in [0.5, 0.6) is 0 Å². The van der Waals surface area contributed by atoms with Gasteiger partial charge in [-0.2, -0.15) is 0 Å². The van der Waals surface area contributed by atoms with Gasteiger partial charge in [-0.1, -0.05) is 40.5 Å². The van der Waals surface area contributed by atoms with Crippen LogP contribution in [0.25, 0.3) is 0 Å². The Balaban J connectivity index is 3.87. The molecule has 86 valence electrons. The van der Waals surface area contributed by atoms with Crippen molar-refractivity contribution >= 4 is 0 Å². The van der Waals surface area contributed by atoms with Gasteiger partial charge < -0.3 is 10.4 Å². The summed E-state index contributed by atoms with van der Waals surface area (Å²) in [6.07, 6.45) is 4.92. The molecule has 0 aromatic rings. The van der Waals surface area contributed by atoms with Crippen LogP contribution in [0.15, 0.2) is 0 Å². The Morgan fingerprint density at radius 2 is 1.86 bits per heavy atom. The fourth-order valence-corrected chi connectivity index (χ4v) is 1.61. The third-order valence-corrected chi connectivity index (χ3v) is 2.85. The van der Waals surface area contributed by atoms with Gasteiger partial charge in [0.25, 0.3) is 0 Å². The van der Waals surface area contributed by atoms with Crippen molar-refractivity contribution < 1.29 is 5.11 Å². The molecule has 2 N–H and O–H groups in total. The van der Waals surface area contributed by atoms with E-state index < -0.39 is 0 Å². The third-order valence-electron chi connectivity index (χ3n) is 2.85. The van der Waals surface area contributed by atoms with Crippen LogP contribution in [0.2, 0.25) is 0 Å². The average molecular weight is 201 g/mol. The third kappa shape index (κ3) is 5.61. The number of unbranched alkanes of at least 4 members (excludes halogenated alkanes) is 1. The van der Waals surface area contributed by atoms with Crippen molar-refractivity contribution in [2.24, 2.45) is 5.92 Å². The average Bonchev–Trinajstić information content (AvgIpc) is 2.18. The molecular formula is C12H27NO. The molecule has 0 amide bonds. The number of aliphatic hydroxyl groups excluding tert-OH is 1. The van der Waals surface area contributed by atoms with E-state index >= 15 is 0 Å². The molecule has 0 aliphatic rings. The Labute approximate surface area is 89.1 Å². The van der Waals surface area contributed by atoms with Gasteiger partial charge in [0.2, 0.25) is 0 Å². The summed E-state index contributed by atoms with van der Waals surface area (Å²) in [6.45, 7) is 8.99. The van der Waals surface area contributed by atoms with Gasteiger partial charge in [0.05, 0.1) is 6.61 Å². The minimum Gasteiger partial charge on any atom is -0.395 e. The van der Waals surface area contributed by atoms with Crippen LogP contribution >= 0.6 is 0 Å². The standard InChI is InChI=1S/C12H27NO/c1-5-7-8-11(6-2)13-12(9-14)10(3)4/h10-14H,5-9H2,1-4H3/t11?,12-/m1/s1. The van der Waals surface area contributed by atoms with Crippen molar-refractivity contribution in [3.63, 3.8) is 0 Å². The molecular weight excluding hydrogens is 174 g/mol. The van der Waals surface area contributed by atoms with E-state index in [4.69, 9.17) is 0 Å². The van der Waals surface area contributed by atoms with Crippen molar-refractivity contribution in [2.45, 2.75) is 65.5 Å². The quantitative estimate of drug-likeness (QED) is 0.632. The molecule has 0 aromatic heterocycles. The van der Waals surface area contributed by atoms with E-state index in [1.54, 1.807) is 0 Å². The molecule has 0 fully saturated rings. The van der Waals surface area contributed by atoms with Crippen LogP contribution in [0.4, 0.5) is 0 Å². The zero-order chi connectivity index (χ0) is 11.0. The molecule has 1 unspecified atom stereocenters. The van der Waals surface area contributed by atoms with Gasteiger partial charge in [-0.15, -0.1) is 0 Å². The van der Waals surface area contributed by atoms with Crippen LogP contribution < -0.4 is 5.32 Å². The molecule has 0 aliphatic carbocycles. The fourth-order valence-electron chi connectivity index (χ4n) is 1.61. The summed E-state index contributed by atoms with van der Waals surface area (Å²) in [4.78, 5) is 0. The molecule has 0 saturated carbocycles.